The molecule has 2 N–H and O–H groups in total. The van der Waals surface area contributed by atoms with Crippen LogP contribution in [0.3, 0.4) is 0 Å². The summed E-state index contributed by atoms with van der Waals surface area (Å²) in [4.78, 5) is 28.4. The average Bonchev–Trinajstić information content (AvgIpc) is 2.74. The van der Waals surface area contributed by atoms with Crippen molar-refractivity contribution in [3.8, 4) is 0 Å². The minimum absolute atomic E-state index is 0.0625. The summed E-state index contributed by atoms with van der Waals surface area (Å²) < 4.78 is 45.4. The van der Waals surface area contributed by atoms with E-state index in [-0.39, 0.29) is 28.4 Å². The zero-order valence-electron chi connectivity index (χ0n) is 17.3. The Balaban J connectivity index is 1.70. The number of rotatable bonds is 7. The van der Waals surface area contributed by atoms with E-state index < -0.39 is 27.7 Å². The fourth-order valence-electron chi connectivity index (χ4n) is 2.79. The number of aryl methyl sites for hydroxylation is 1. The third-order valence-corrected chi connectivity index (χ3v) is 5.71. The van der Waals surface area contributed by atoms with Crippen LogP contribution in [0.25, 0.3) is 0 Å². The lowest BCUT2D eigenvalue weighted by atomic mass is 10.2. The Bertz CT molecular complexity index is 1260. The van der Waals surface area contributed by atoms with Gasteiger partial charge in [0.15, 0.2) is 0 Å². The highest BCUT2D eigenvalue weighted by Gasteiger charge is 2.17. The van der Waals surface area contributed by atoms with Gasteiger partial charge in [0.25, 0.3) is 15.9 Å². The molecule has 3 rings (SSSR count). The molecule has 0 unspecified atom stereocenters. The minimum atomic E-state index is -3.94. The summed E-state index contributed by atoms with van der Waals surface area (Å²) >= 11 is 0. The summed E-state index contributed by atoms with van der Waals surface area (Å²) in [6, 6.07) is 13.4. The van der Waals surface area contributed by atoms with Gasteiger partial charge in [0.1, 0.15) is 11.5 Å². The topological polar surface area (TPSA) is 114 Å². The zero-order chi connectivity index (χ0) is 23.3. The lowest BCUT2D eigenvalue weighted by Gasteiger charge is -2.10. The van der Waals surface area contributed by atoms with Gasteiger partial charge < -0.3 is 10.1 Å². The molecular weight excluding hydrogens is 437 g/mol. The van der Waals surface area contributed by atoms with Crippen molar-refractivity contribution in [3.63, 3.8) is 0 Å². The summed E-state index contributed by atoms with van der Waals surface area (Å²) in [6.07, 6.45) is 0. The highest BCUT2D eigenvalue weighted by molar-refractivity contribution is 7.92. The molecule has 0 radical (unpaired) electrons. The van der Waals surface area contributed by atoms with Gasteiger partial charge in [0.2, 0.25) is 0 Å². The van der Waals surface area contributed by atoms with Gasteiger partial charge in [-0.3, -0.25) is 9.52 Å². The molecule has 0 bridgehead atoms. The van der Waals surface area contributed by atoms with E-state index in [0.29, 0.717) is 11.4 Å². The van der Waals surface area contributed by atoms with Crippen molar-refractivity contribution in [2.24, 2.45) is 0 Å². The number of anilines is 2. The van der Waals surface area contributed by atoms with Crippen molar-refractivity contribution in [1.82, 2.24) is 4.98 Å². The normalized spacial score (nSPS) is 11.0. The first-order valence-electron chi connectivity index (χ1n) is 9.54. The van der Waals surface area contributed by atoms with Gasteiger partial charge in [-0.2, -0.15) is 0 Å². The summed E-state index contributed by atoms with van der Waals surface area (Å²) in [6.45, 7) is 3.51. The monoisotopic (exact) mass is 457 g/mol. The number of carbonyl (C=O) groups excluding carboxylic acids is 2. The molecule has 0 saturated carbocycles. The van der Waals surface area contributed by atoms with Gasteiger partial charge in [0.05, 0.1) is 28.4 Å². The number of aromatic nitrogens is 1. The Morgan fingerprint density at radius 2 is 1.75 bits per heavy atom. The van der Waals surface area contributed by atoms with E-state index in [1.807, 2.05) is 0 Å². The first-order valence-corrected chi connectivity index (χ1v) is 11.0. The van der Waals surface area contributed by atoms with Gasteiger partial charge in [-0.25, -0.2) is 22.6 Å². The van der Waals surface area contributed by atoms with Crippen LogP contribution < -0.4 is 10.0 Å². The molecule has 2 aromatic carbocycles. The van der Waals surface area contributed by atoms with E-state index >= 15 is 0 Å². The molecule has 1 heterocycles. The number of esters is 1. The molecule has 0 atom stereocenters. The summed E-state index contributed by atoms with van der Waals surface area (Å²) in [5.41, 5.74) is 1.13. The summed E-state index contributed by atoms with van der Waals surface area (Å²) in [7, 11) is -3.94. The van der Waals surface area contributed by atoms with Gasteiger partial charge in [0, 0.05) is 5.69 Å². The number of sulfonamides is 1. The summed E-state index contributed by atoms with van der Waals surface area (Å²) in [5.74, 6) is -1.62. The smallest absolute Gasteiger partial charge is 0.339 e. The zero-order valence-corrected chi connectivity index (χ0v) is 18.1. The Kier molecular flexibility index (Phi) is 6.84. The lowest BCUT2D eigenvalue weighted by molar-refractivity contribution is 0.0524. The maximum absolute atomic E-state index is 13.3. The first-order chi connectivity index (χ1) is 15.2. The number of hydrogen-bond donors (Lipinski definition) is 2. The molecule has 0 aliphatic carbocycles. The quantitative estimate of drug-likeness (QED) is 0.522. The van der Waals surface area contributed by atoms with Gasteiger partial charge in [-0.05, 0) is 68.4 Å². The van der Waals surface area contributed by atoms with Crippen LogP contribution in [0.2, 0.25) is 0 Å². The average molecular weight is 457 g/mol. The van der Waals surface area contributed by atoms with E-state index in [1.165, 1.54) is 54.6 Å². The van der Waals surface area contributed by atoms with Crippen molar-refractivity contribution < 1.29 is 27.1 Å². The van der Waals surface area contributed by atoms with Crippen LogP contribution in [0.1, 0.15) is 33.5 Å². The highest BCUT2D eigenvalue weighted by Crippen LogP contribution is 2.19. The Morgan fingerprint density at radius 3 is 2.38 bits per heavy atom. The predicted octanol–water partition coefficient (Wildman–Crippen LogP) is 3.76. The maximum atomic E-state index is 13.3. The van der Waals surface area contributed by atoms with Gasteiger partial charge >= 0.3 is 5.97 Å². The van der Waals surface area contributed by atoms with Crippen LogP contribution >= 0.6 is 0 Å². The van der Waals surface area contributed by atoms with E-state index in [1.54, 1.807) is 13.8 Å². The molecule has 0 saturated heterocycles. The van der Waals surface area contributed by atoms with Gasteiger partial charge in [-0.15, -0.1) is 0 Å². The number of hydrogen-bond acceptors (Lipinski definition) is 6. The van der Waals surface area contributed by atoms with Crippen LogP contribution in [-0.4, -0.2) is 31.9 Å². The van der Waals surface area contributed by atoms with E-state index in [2.05, 4.69) is 15.0 Å². The number of halogens is 1. The Hall–Kier alpha value is -3.79. The predicted molar refractivity (Wildman–Crippen MR) is 117 cm³/mol. The maximum Gasteiger partial charge on any atom is 0.339 e. The third kappa shape index (κ3) is 5.46. The van der Waals surface area contributed by atoms with Crippen molar-refractivity contribution in [2.75, 3.05) is 16.6 Å². The van der Waals surface area contributed by atoms with Crippen LogP contribution in [0.15, 0.2) is 65.6 Å². The van der Waals surface area contributed by atoms with Crippen LogP contribution in [-0.2, 0) is 14.8 Å². The first kappa shape index (κ1) is 22.9. The highest BCUT2D eigenvalue weighted by atomic mass is 32.2. The number of ether oxygens (including phenoxy) is 1. The number of benzene rings is 2. The molecule has 0 fully saturated rings. The minimum Gasteiger partial charge on any atom is -0.462 e. The number of amides is 1. The molecule has 1 aromatic heterocycles. The number of nitrogens with one attached hydrogen (secondary N) is 2. The molecule has 8 nitrogen and oxygen atoms in total. The van der Waals surface area contributed by atoms with E-state index in [4.69, 9.17) is 4.74 Å². The molecule has 0 aliphatic rings. The second kappa shape index (κ2) is 9.56. The molecule has 0 aliphatic heterocycles. The standard InChI is InChI=1S/C22H20FN3O5S/c1-3-31-22(28)19-11-12-20(24-14(19)2)21(27)25-16-7-9-18(10-8-16)32(29,30)26-17-6-4-5-15(23)13-17/h4-13,26H,3H2,1-2H3,(H,25,27). The fourth-order valence-corrected chi connectivity index (χ4v) is 3.84. The Morgan fingerprint density at radius 1 is 1.03 bits per heavy atom. The van der Waals surface area contributed by atoms with Crippen LogP contribution in [0.4, 0.5) is 15.8 Å². The second-order valence-corrected chi connectivity index (χ2v) is 8.33. The number of pyridine rings is 1. The van der Waals surface area contributed by atoms with Crippen LogP contribution in [0.5, 0.6) is 0 Å². The third-order valence-electron chi connectivity index (χ3n) is 4.31. The van der Waals surface area contributed by atoms with E-state index in [9.17, 15) is 22.4 Å². The Labute approximate surface area is 184 Å². The molecule has 166 valence electrons. The van der Waals surface area contributed by atoms with Crippen molar-refractivity contribution in [2.45, 2.75) is 18.7 Å². The lowest BCUT2D eigenvalue weighted by Crippen LogP contribution is -2.16. The summed E-state index contributed by atoms with van der Waals surface area (Å²) in [5, 5.41) is 2.61. The molecule has 32 heavy (non-hydrogen) atoms. The number of carbonyl (C=O) groups is 2. The molecular formula is C22H20FN3O5S. The number of nitrogens with zero attached hydrogens (tertiary/aromatic N) is 1. The van der Waals surface area contributed by atoms with Crippen LogP contribution in [0, 0.1) is 12.7 Å². The molecule has 1 amide bonds. The van der Waals surface area contributed by atoms with Crippen molar-refractivity contribution in [3.05, 3.63) is 83.4 Å². The fraction of sp³-hybridized carbons (Fsp3) is 0.136. The molecule has 3 aromatic rings. The second-order valence-electron chi connectivity index (χ2n) is 6.64. The van der Waals surface area contributed by atoms with Crippen molar-refractivity contribution in [1.29, 1.82) is 0 Å². The molecule has 10 heteroatoms. The largest absolute Gasteiger partial charge is 0.462 e. The molecule has 0 spiro atoms. The van der Waals surface area contributed by atoms with Gasteiger partial charge in [-0.1, -0.05) is 6.07 Å². The van der Waals surface area contributed by atoms with Crippen molar-refractivity contribution >= 4 is 33.3 Å². The SMILES string of the molecule is CCOC(=O)c1ccc(C(=O)Nc2ccc(S(=O)(=O)Nc3cccc(F)c3)cc2)nc1C. The van der Waals surface area contributed by atoms with E-state index in [0.717, 1.165) is 6.07 Å².